The Labute approximate surface area is 91.4 Å². The molecule has 0 saturated carbocycles. The lowest BCUT2D eigenvalue weighted by atomic mass is 10.2. The zero-order valence-electron chi connectivity index (χ0n) is 6.01. The monoisotopic (exact) mass is 258 g/mol. The van der Waals surface area contributed by atoms with Crippen molar-refractivity contribution in [3.05, 3.63) is 34.9 Å². The Morgan fingerprint density at radius 3 is 2.33 bits per heavy atom. The first kappa shape index (κ1) is 10.8. The second kappa shape index (κ2) is 4.30. The van der Waals surface area contributed by atoms with E-state index in [4.69, 9.17) is 45.9 Å². The molecular weight excluding hydrogens is 253 g/mol. The fourth-order valence-electron chi connectivity index (χ4n) is 0.825. The van der Waals surface area contributed by atoms with Crippen LogP contribution < -0.4 is 0 Å². The zero-order chi connectivity index (χ0) is 9.19. The van der Waals surface area contributed by atoms with Crippen LogP contribution in [0.25, 0.3) is 0 Å². The third-order valence-electron chi connectivity index (χ3n) is 1.31. The van der Waals surface area contributed by atoms with Crippen LogP contribution in [0, 0.1) is 0 Å². The number of rotatable bonds is 2. The van der Waals surface area contributed by atoms with Gasteiger partial charge in [0.15, 0.2) is 0 Å². The molecule has 0 fully saturated rings. The third-order valence-corrected chi connectivity index (χ3v) is 3.49. The lowest BCUT2D eigenvalue weighted by molar-refractivity contribution is 1.41. The molecular formula is C7H6Cl3PS. The van der Waals surface area contributed by atoms with Crippen molar-refractivity contribution < 1.29 is 0 Å². The van der Waals surface area contributed by atoms with Crippen LogP contribution in [0.5, 0.6) is 0 Å². The summed E-state index contributed by atoms with van der Waals surface area (Å²) in [6, 6.07) is 7.43. The molecule has 0 atom stereocenters. The van der Waals surface area contributed by atoms with Crippen molar-refractivity contribution in [2.45, 2.75) is 6.16 Å². The van der Waals surface area contributed by atoms with Crippen molar-refractivity contribution in [1.82, 2.24) is 0 Å². The number of hydrogen-bond acceptors (Lipinski definition) is 1. The van der Waals surface area contributed by atoms with Gasteiger partial charge in [0.25, 0.3) is 0 Å². The first-order valence-corrected chi connectivity index (χ1v) is 8.38. The molecule has 0 aliphatic rings. The van der Waals surface area contributed by atoms with Gasteiger partial charge in [-0.05, 0) is 11.6 Å². The lowest BCUT2D eigenvalue weighted by Gasteiger charge is -2.06. The van der Waals surface area contributed by atoms with Crippen LogP contribution in [0.15, 0.2) is 24.3 Å². The summed E-state index contributed by atoms with van der Waals surface area (Å²) in [5.41, 5.74) is 0.924. The predicted molar refractivity (Wildman–Crippen MR) is 61.1 cm³/mol. The Morgan fingerprint density at radius 1 is 1.25 bits per heavy atom. The molecule has 1 aromatic rings. The van der Waals surface area contributed by atoms with E-state index in [-0.39, 0.29) is 0 Å². The summed E-state index contributed by atoms with van der Waals surface area (Å²) in [4.78, 5) is 0. The van der Waals surface area contributed by atoms with Gasteiger partial charge in [0.05, 0.1) is 0 Å². The van der Waals surface area contributed by atoms with Crippen LogP contribution in [0.4, 0.5) is 0 Å². The molecule has 0 radical (unpaired) electrons. The van der Waals surface area contributed by atoms with Gasteiger partial charge in [0.1, 0.15) is 4.74 Å². The predicted octanol–water partition coefficient (Wildman–Crippen LogP) is 4.63. The first-order valence-electron chi connectivity index (χ1n) is 3.21. The van der Waals surface area contributed by atoms with Gasteiger partial charge in [-0.1, -0.05) is 64.1 Å². The van der Waals surface area contributed by atoms with Gasteiger partial charge in [-0.2, -0.15) is 0 Å². The Morgan fingerprint density at radius 2 is 1.83 bits per heavy atom. The van der Waals surface area contributed by atoms with E-state index in [1.165, 1.54) is 0 Å². The van der Waals surface area contributed by atoms with Crippen LogP contribution in [-0.4, -0.2) is 0 Å². The Bertz CT molecular complexity index is 320. The smallest absolute Gasteiger partial charge is 0.0840 e. The van der Waals surface area contributed by atoms with E-state index in [1.807, 2.05) is 18.2 Å². The summed E-state index contributed by atoms with van der Waals surface area (Å²) in [6.45, 7) is 0. The van der Waals surface area contributed by atoms with E-state index >= 15 is 0 Å². The van der Waals surface area contributed by atoms with Crippen molar-refractivity contribution in [2.24, 2.45) is 0 Å². The molecule has 1 aromatic carbocycles. The van der Waals surface area contributed by atoms with E-state index < -0.39 is 4.74 Å². The summed E-state index contributed by atoms with van der Waals surface area (Å²) >= 11 is 22.3. The molecule has 0 aliphatic carbocycles. The Balaban J connectivity index is 2.90. The summed E-state index contributed by atoms with van der Waals surface area (Å²) in [5.74, 6) is 0. The molecule has 12 heavy (non-hydrogen) atoms. The second-order valence-electron chi connectivity index (χ2n) is 2.32. The minimum atomic E-state index is -2.22. The second-order valence-corrected chi connectivity index (χ2v) is 11.2. The SMILES string of the molecule is S=P(Cl)(Cl)Cc1ccccc1Cl. The molecule has 0 N–H and O–H groups in total. The van der Waals surface area contributed by atoms with Gasteiger partial charge in [-0.3, -0.25) is 0 Å². The maximum atomic E-state index is 5.88. The van der Waals surface area contributed by atoms with Crippen LogP contribution in [-0.2, 0) is 18.0 Å². The summed E-state index contributed by atoms with van der Waals surface area (Å²) in [5, 5.41) is 0.674. The van der Waals surface area contributed by atoms with Crippen LogP contribution in [0.2, 0.25) is 5.02 Å². The minimum Gasteiger partial charge on any atom is -0.0840 e. The van der Waals surface area contributed by atoms with E-state index in [0.717, 1.165) is 5.56 Å². The summed E-state index contributed by atoms with van der Waals surface area (Å²) in [7, 11) is 0. The van der Waals surface area contributed by atoms with Crippen LogP contribution in [0.3, 0.4) is 0 Å². The van der Waals surface area contributed by atoms with Gasteiger partial charge in [-0.25, -0.2) is 0 Å². The van der Waals surface area contributed by atoms with E-state index in [1.54, 1.807) is 6.07 Å². The lowest BCUT2D eigenvalue weighted by Crippen LogP contribution is -1.80. The number of hydrogen-bond donors (Lipinski definition) is 0. The highest BCUT2D eigenvalue weighted by Gasteiger charge is 2.11. The highest BCUT2D eigenvalue weighted by molar-refractivity contribution is 8.38. The maximum absolute atomic E-state index is 5.88. The first-order chi connectivity index (χ1) is 5.49. The molecule has 66 valence electrons. The molecule has 0 bridgehead atoms. The van der Waals surface area contributed by atoms with E-state index in [0.29, 0.717) is 11.2 Å². The van der Waals surface area contributed by atoms with Crippen molar-refractivity contribution in [3.63, 3.8) is 0 Å². The average Bonchev–Trinajstić information content (AvgIpc) is 1.91. The van der Waals surface area contributed by atoms with Crippen molar-refractivity contribution in [2.75, 3.05) is 0 Å². The molecule has 0 aromatic heterocycles. The van der Waals surface area contributed by atoms with Crippen molar-refractivity contribution in [1.29, 1.82) is 0 Å². The summed E-state index contributed by atoms with van der Waals surface area (Å²) < 4.78 is -2.22. The molecule has 1 rings (SSSR count). The topological polar surface area (TPSA) is 0 Å². The molecule has 5 heteroatoms. The molecule has 0 amide bonds. The van der Waals surface area contributed by atoms with E-state index in [9.17, 15) is 0 Å². The van der Waals surface area contributed by atoms with Gasteiger partial charge >= 0.3 is 0 Å². The Kier molecular flexibility index (Phi) is 3.88. The fraction of sp³-hybridized carbons (Fsp3) is 0.143. The quantitative estimate of drug-likeness (QED) is 0.698. The number of halogens is 3. The molecule has 0 nitrogen and oxygen atoms in total. The van der Waals surface area contributed by atoms with Gasteiger partial charge in [0, 0.05) is 11.2 Å². The highest BCUT2D eigenvalue weighted by Crippen LogP contribution is 2.60. The van der Waals surface area contributed by atoms with E-state index in [2.05, 4.69) is 0 Å². The largest absolute Gasteiger partial charge is 0.124 e. The molecule has 0 saturated heterocycles. The average molecular weight is 260 g/mol. The van der Waals surface area contributed by atoms with Gasteiger partial charge in [-0.15, -0.1) is 0 Å². The normalized spacial score (nSPS) is 11.6. The standard InChI is InChI=1S/C7H6Cl3PS/c8-7-4-2-1-3-6(7)5-11(9,10)12/h1-4H,5H2. The maximum Gasteiger partial charge on any atom is 0.124 e. The molecule has 0 aliphatic heterocycles. The van der Waals surface area contributed by atoms with Crippen molar-refractivity contribution >= 4 is 50.6 Å². The van der Waals surface area contributed by atoms with Gasteiger partial charge < -0.3 is 0 Å². The molecule has 0 spiro atoms. The minimum absolute atomic E-state index is 0.491. The third kappa shape index (κ3) is 3.64. The zero-order valence-corrected chi connectivity index (χ0v) is 9.98. The molecule has 0 unspecified atom stereocenters. The fourth-order valence-corrected chi connectivity index (χ4v) is 2.98. The van der Waals surface area contributed by atoms with Crippen LogP contribution >= 0.6 is 38.8 Å². The highest BCUT2D eigenvalue weighted by atomic mass is 35.9. The van der Waals surface area contributed by atoms with Crippen molar-refractivity contribution in [3.8, 4) is 0 Å². The molecule has 0 heterocycles. The van der Waals surface area contributed by atoms with Gasteiger partial charge in [0.2, 0.25) is 0 Å². The summed E-state index contributed by atoms with van der Waals surface area (Å²) in [6.07, 6.45) is 0.491. The Hall–Kier alpha value is 0.740. The number of benzene rings is 1. The van der Waals surface area contributed by atoms with Crippen LogP contribution in [0.1, 0.15) is 5.56 Å².